The normalized spacial score (nSPS) is 14.8. The van der Waals surface area contributed by atoms with Crippen LogP contribution in [0, 0.1) is 13.8 Å². The van der Waals surface area contributed by atoms with Crippen molar-refractivity contribution in [3.05, 3.63) is 64.5 Å². The predicted octanol–water partition coefficient (Wildman–Crippen LogP) is 5.42. The summed E-state index contributed by atoms with van der Waals surface area (Å²) in [4.78, 5) is 19.0. The summed E-state index contributed by atoms with van der Waals surface area (Å²) in [6.07, 6.45) is 1.59. The van der Waals surface area contributed by atoms with Gasteiger partial charge >= 0.3 is 6.03 Å². The summed E-state index contributed by atoms with van der Waals surface area (Å²) in [5, 5.41) is 7.78. The molecule has 0 spiro atoms. The van der Waals surface area contributed by atoms with Crippen LogP contribution in [0.3, 0.4) is 0 Å². The summed E-state index contributed by atoms with van der Waals surface area (Å²) >= 11 is 5.93. The lowest BCUT2D eigenvalue weighted by molar-refractivity contribution is 0.187. The Balaban J connectivity index is 1.35. The number of nitrogens with one attached hydrogen (secondary N) is 1. The molecule has 0 unspecified atom stereocenters. The molecule has 0 radical (unpaired) electrons. The number of hydrogen-bond donors (Lipinski definition) is 1. The van der Waals surface area contributed by atoms with E-state index in [0.29, 0.717) is 29.8 Å². The Hall–Kier alpha value is -2.86. The Morgan fingerprint density at radius 1 is 1.14 bits per heavy atom. The molecule has 6 nitrogen and oxygen atoms in total. The summed E-state index contributed by atoms with van der Waals surface area (Å²) < 4.78 is 5.49. The first-order chi connectivity index (χ1) is 14.0. The van der Waals surface area contributed by atoms with Gasteiger partial charge in [0.05, 0.1) is 0 Å². The second-order valence-electron chi connectivity index (χ2n) is 7.47. The largest absolute Gasteiger partial charge is 0.339 e. The maximum atomic E-state index is 12.6. The summed E-state index contributed by atoms with van der Waals surface area (Å²) in [5.41, 5.74) is 3.97. The van der Waals surface area contributed by atoms with E-state index in [0.717, 1.165) is 29.7 Å². The van der Waals surface area contributed by atoms with Crippen LogP contribution in [0.1, 0.15) is 35.8 Å². The molecule has 150 valence electrons. The number of aryl methyl sites for hydroxylation is 2. The molecule has 3 aromatic rings. The van der Waals surface area contributed by atoms with Crippen molar-refractivity contribution in [2.24, 2.45) is 0 Å². The van der Waals surface area contributed by atoms with Gasteiger partial charge in [0, 0.05) is 35.3 Å². The number of amides is 2. The maximum absolute atomic E-state index is 12.6. The van der Waals surface area contributed by atoms with E-state index < -0.39 is 0 Å². The zero-order valence-corrected chi connectivity index (χ0v) is 17.2. The van der Waals surface area contributed by atoms with Crippen molar-refractivity contribution >= 4 is 23.3 Å². The van der Waals surface area contributed by atoms with Gasteiger partial charge in [0.2, 0.25) is 11.7 Å². The van der Waals surface area contributed by atoms with Gasteiger partial charge in [0.25, 0.3) is 0 Å². The Morgan fingerprint density at radius 2 is 1.86 bits per heavy atom. The monoisotopic (exact) mass is 410 g/mol. The van der Waals surface area contributed by atoms with Gasteiger partial charge in [-0.2, -0.15) is 4.98 Å². The fourth-order valence-electron chi connectivity index (χ4n) is 3.59. The molecular formula is C22H23ClN4O2. The van der Waals surface area contributed by atoms with Crippen molar-refractivity contribution in [3.8, 4) is 11.4 Å². The number of urea groups is 1. The average molecular weight is 411 g/mol. The molecule has 1 aliphatic rings. The van der Waals surface area contributed by atoms with Crippen LogP contribution < -0.4 is 5.32 Å². The van der Waals surface area contributed by atoms with Crippen molar-refractivity contribution in [1.29, 1.82) is 0 Å². The molecule has 4 rings (SSSR count). The van der Waals surface area contributed by atoms with Gasteiger partial charge in [0.1, 0.15) is 0 Å². The van der Waals surface area contributed by atoms with E-state index in [9.17, 15) is 4.79 Å². The molecule has 1 fully saturated rings. The van der Waals surface area contributed by atoms with Crippen LogP contribution >= 0.6 is 11.6 Å². The molecule has 0 saturated carbocycles. The first-order valence-corrected chi connectivity index (χ1v) is 10.1. The van der Waals surface area contributed by atoms with Gasteiger partial charge in [0.15, 0.2) is 0 Å². The Labute approximate surface area is 174 Å². The second kappa shape index (κ2) is 8.25. The fourth-order valence-corrected chi connectivity index (χ4v) is 3.72. The number of nitrogens with zero attached hydrogens (tertiary/aromatic N) is 3. The molecule has 29 heavy (non-hydrogen) atoms. The summed E-state index contributed by atoms with van der Waals surface area (Å²) in [7, 11) is 0. The Kier molecular flexibility index (Phi) is 5.53. The van der Waals surface area contributed by atoms with Gasteiger partial charge in [-0.25, -0.2) is 4.79 Å². The van der Waals surface area contributed by atoms with E-state index in [1.165, 1.54) is 5.56 Å². The number of aromatic nitrogens is 2. The van der Waals surface area contributed by atoms with Crippen LogP contribution in [0.4, 0.5) is 10.5 Å². The Morgan fingerprint density at radius 3 is 2.55 bits per heavy atom. The van der Waals surface area contributed by atoms with Crippen LogP contribution in [-0.2, 0) is 0 Å². The number of carbonyl (C=O) groups excluding carboxylic acids is 1. The second-order valence-corrected chi connectivity index (χ2v) is 7.91. The first kappa shape index (κ1) is 19.5. The van der Waals surface area contributed by atoms with Gasteiger partial charge in [-0.3, -0.25) is 0 Å². The van der Waals surface area contributed by atoms with E-state index in [2.05, 4.69) is 21.5 Å². The maximum Gasteiger partial charge on any atom is 0.321 e. The highest BCUT2D eigenvalue weighted by Gasteiger charge is 2.28. The van der Waals surface area contributed by atoms with Crippen LogP contribution in [0.2, 0.25) is 5.02 Å². The topological polar surface area (TPSA) is 71.3 Å². The highest BCUT2D eigenvalue weighted by Crippen LogP contribution is 2.29. The van der Waals surface area contributed by atoms with Crippen LogP contribution in [0.5, 0.6) is 0 Å². The molecule has 1 N–H and O–H groups in total. The number of rotatable bonds is 3. The van der Waals surface area contributed by atoms with Gasteiger partial charge in [-0.05, 0) is 62.6 Å². The third-order valence-corrected chi connectivity index (χ3v) is 5.55. The lowest BCUT2D eigenvalue weighted by Crippen LogP contribution is -2.40. The van der Waals surface area contributed by atoms with E-state index in [1.807, 2.05) is 43.0 Å². The number of benzene rings is 2. The molecule has 2 heterocycles. The van der Waals surface area contributed by atoms with E-state index in [1.54, 1.807) is 12.1 Å². The molecule has 1 saturated heterocycles. The Bertz CT molecular complexity index is 1010. The highest BCUT2D eigenvalue weighted by molar-refractivity contribution is 6.30. The van der Waals surface area contributed by atoms with Crippen LogP contribution in [0.15, 0.2) is 47.0 Å². The number of anilines is 1. The molecule has 2 aromatic carbocycles. The summed E-state index contributed by atoms with van der Waals surface area (Å²) in [6, 6.07) is 13.3. The zero-order valence-electron chi connectivity index (χ0n) is 16.5. The third-order valence-electron chi connectivity index (χ3n) is 5.30. The number of likely N-dealkylation sites (tertiary alicyclic amines) is 1. The minimum Gasteiger partial charge on any atom is -0.339 e. The predicted molar refractivity (Wildman–Crippen MR) is 113 cm³/mol. The molecule has 1 aromatic heterocycles. The molecule has 2 amide bonds. The summed E-state index contributed by atoms with van der Waals surface area (Å²) in [6.45, 7) is 5.35. The number of carbonyl (C=O) groups is 1. The first-order valence-electron chi connectivity index (χ1n) is 9.72. The van der Waals surface area contributed by atoms with Crippen molar-refractivity contribution in [2.45, 2.75) is 32.6 Å². The lowest BCUT2D eigenvalue weighted by Gasteiger charge is -2.30. The minimum absolute atomic E-state index is 0.0669. The lowest BCUT2D eigenvalue weighted by atomic mass is 9.97. The SMILES string of the molecule is Cc1ccc(NC(=O)N2CCC(c3nc(-c4ccc(Cl)cc4)no3)CC2)c(C)c1. The van der Waals surface area contributed by atoms with Crippen molar-refractivity contribution < 1.29 is 9.32 Å². The summed E-state index contributed by atoms with van der Waals surface area (Å²) in [5.74, 6) is 1.35. The number of hydrogen-bond acceptors (Lipinski definition) is 4. The molecular weight excluding hydrogens is 388 g/mol. The van der Waals surface area contributed by atoms with Crippen molar-refractivity contribution in [1.82, 2.24) is 15.0 Å². The molecule has 0 aliphatic carbocycles. The molecule has 7 heteroatoms. The molecule has 0 bridgehead atoms. The highest BCUT2D eigenvalue weighted by atomic mass is 35.5. The van der Waals surface area contributed by atoms with Gasteiger partial charge < -0.3 is 14.7 Å². The van der Waals surface area contributed by atoms with Gasteiger partial charge in [-0.1, -0.05) is 34.5 Å². The third kappa shape index (κ3) is 4.43. The zero-order chi connectivity index (χ0) is 20.4. The van der Waals surface area contributed by atoms with E-state index in [4.69, 9.17) is 16.1 Å². The van der Waals surface area contributed by atoms with Crippen LogP contribution in [-0.4, -0.2) is 34.2 Å². The standard InChI is InChI=1S/C22H23ClN4O2/c1-14-3-8-19(15(2)13-14)24-22(28)27-11-9-17(10-12-27)21-25-20(26-29-21)16-4-6-18(23)7-5-16/h3-8,13,17H,9-12H2,1-2H3,(H,24,28). The van der Waals surface area contributed by atoms with Crippen molar-refractivity contribution in [3.63, 3.8) is 0 Å². The minimum atomic E-state index is -0.0669. The van der Waals surface area contributed by atoms with Gasteiger partial charge in [-0.15, -0.1) is 0 Å². The number of halogens is 1. The fraction of sp³-hybridized carbons (Fsp3) is 0.318. The number of piperidine rings is 1. The van der Waals surface area contributed by atoms with E-state index in [-0.39, 0.29) is 11.9 Å². The quantitative estimate of drug-likeness (QED) is 0.625. The molecule has 0 atom stereocenters. The molecule has 1 aliphatic heterocycles. The van der Waals surface area contributed by atoms with Crippen LogP contribution in [0.25, 0.3) is 11.4 Å². The van der Waals surface area contributed by atoms with E-state index >= 15 is 0 Å². The average Bonchev–Trinajstić information content (AvgIpc) is 3.21. The smallest absolute Gasteiger partial charge is 0.321 e. The van der Waals surface area contributed by atoms with Crippen molar-refractivity contribution in [2.75, 3.05) is 18.4 Å².